The van der Waals surface area contributed by atoms with Crippen LogP contribution < -0.4 is 19.8 Å². The first-order chi connectivity index (χ1) is 7.19. The van der Waals surface area contributed by atoms with E-state index in [0.29, 0.717) is 12.4 Å². The van der Waals surface area contributed by atoms with Crippen molar-refractivity contribution in [1.82, 2.24) is 0 Å². The maximum atomic E-state index is 12.0. The molecule has 4 saturated heterocycles. The number of ether oxygens (including phenoxy) is 2. The van der Waals surface area contributed by atoms with Crippen molar-refractivity contribution in [3.05, 3.63) is 0 Å². The minimum atomic E-state index is -0.752. The zero-order chi connectivity index (χ0) is 10.3. The summed E-state index contributed by atoms with van der Waals surface area (Å²) in [6.45, 7) is 0.457. The van der Waals surface area contributed by atoms with Crippen molar-refractivity contribution in [3.63, 3.8) is 0 Å². The minimum absolute atomic E-state index is 0.0248. The van der Waals surface area contributed by atoms with Gasteiger partial charge in [-0.05, 0) is 0 Å². The SMILES string of the molecule is O=C1OCC23CS(=O)[I-]C12C1CCC3O1. The van der Waals surface area contributed by atoms with Crippen molar-refractivity contribution in [2.75, 3.05) is 12.4 Å². The average molecular weight is 341 g/mol. The maximum absolute atomic E-state index is 12.0. The van der Waals surface area contributed by atoms with Gasteiger partial charge < -0.3 is 0 Å². The van der Waals surface area contributed by atoms with Crippen LogP contribution >= 0.6 is 0 Å². The fourth-order valence-electron chi connectivity index (χ4n) is 3.49. The van der Waals surface area contributed by atoms with Gasteiger partial charge in [0.25, 0.3) is 0 Å². The Morgan fingerprint density at radius 1 is 1.40 bits per heavy atom. The molecule has 0 N–H and O–H groups in total. The quantitative estimate of drug-likeness (QED) is 0.200. The number of rotatable bonds is 0. The van der Waals surface area contributed by atoms with Gasteiger partial charge in [-0.1, -0.05) is 0 Å². The topological polar surface area (TPSA) is 52.6 Å². The van der Waals surface area contributed by atoms with Crippen molar-refractivity contribution < 1.29 is 38.3 Å². The van der Waals surface area contributed by atoms with E-state index in [-0.39, 0.29) is 23.6 Å². The van der Waals surface area contributed by atoms with E-state index in [1.54, 1.807) is 0 Å². The summed E-state index contributed by atoms with van der Waals surface area (Å²) < 4.78 is 22.6. The van der Waals surface area contributed by atoms with E-state index in [4.69, 9.17) is 9.47 Å². The molecule has 4 aliphatic heterocycles. The standard InChI is InChI=1S/C9H10IO4S/c11-7-9-6-2-1-5(14-6)8(9,3-13-7)4-15(12)10-9/h5-6H,1-4H2/q-1. The summed E-state index contributed by atoms with van der Waals surface area (Å²) in [5.74, 6) is 0.543. The summed E-state index contributed by atoms with van der Waals surface area (Å²) in [4.78, 5) is 12.0. The first kappa shape index (κ1) is 9.35. The van der Waals surface area contributed by atoms with Gasteiger partial charge in [0, 0.05) is 0 Å². The van der Waals surface area contributed by atoms with Gasteiger partial charge in [-0.15, -0.1) is 0 Å². The van der Waals surface area contributed by atoms with Gasteiger partial charge in [-0.2, -0.15) is 0 Å². The third-order valence-electron chi connectivity index (χ3n) is 4.14. The Morgan fingerprint density at radius 2 is 2.20 bits per heavy atom. The summed E-state index contributed by atoms with van der Waals surface area (Å²) in [6, 6.07) is 0. The van der Waals surface area contributed by atoms with Gasteiger partial charge in [0.15, 0.2) is 0 Å². The Hall–Kier alpha value is 0.310. The molecule has 6 heteroatoms. The Balaban J connectivity index is 1.96. The molecule has 5 unspecified atom stereocenters. The molecule has 0 aliphatic carbocycles. The monoisotopic (exact) mass is 341 g/mol. The fourth-order valence-corrected chi connectivity index (χ4v) is 13.8. The summed E-state index contributed by atoms with van der Waals surface area (Å²) >= 11 is -0.622. The van der Waals surface area contributed by atoms with Gasteiger partial charge >= 0.3 is 98.5 Å². The van der Waals surface area contributed by atoms with Crippen molar-refractivity contribution in [2.45, 2.75) is 28.5 Å². The van der Waals surface area contributed by atoms with Crippen molar-refractivity contribution in [3.8, 4) is 0 Å². The van der Waals surface area contributed by atoms with E-state index in [2.05, 4.69) is 0 Å². The van der Waals surface area contributed by atoms with Crippen LogP contribution in [0.4, 0.5) is 0 Å². The number of alkyl halides is 1. The van der Waals surface area contributed by atoms with Gasteiger partial charge in [0.1, 0.15) is 0 Å². The number of hydrogen-bond acceptors (Lipinski definition) is 4. The molecule has 4 nitrogen and oxygen atoms in total. The molecule has 15 heavy (non-hydrogen) atoms. The van der Waals surface area contributed by atoms with Crippen molar-refractivity contribution >= 4 is 13.9 Å². The van der Waals surface area contributed by atoms with E-state index < -0.39 is 31.2 Å². The van der Waals surface area contributed by atoms with Crippen LogP contribution in [0.5, 0.6) is 0 Å². The molecule has 0 aromatic rings. The van der Waals surface area contributed by atoms with E-state index in [1.807, 2.05) is 0 Å². The average Bonchev–Trinajstić information content (AvgIpc) is 2.84. The zero-order valence-electron chi connectivity index (χ0n) is 7.90. The molecule has 0 aromatic heterocycles. The number of carbonyl (C=O) groups is 1. The normalized spacial score (nSPS) is 61.1. The van der Waals surface area contributed by atoms with Crippen LogP contribution in [0.1, 0.15) is 12.8 Å². The number of hydrogen-bond donors (Lipinski definition) is 0. The molecule has 0 saturated carbocycles. The summed E-state index contributed by atoms with van der Waals surface area (Å²) in [6.07, 6.45) is 2.14. The Morgan fingerprint density at radius 3 is 3.00 bits per heavy atom. The summed E-state index contributed by atoms with van der Waals surface area (Å²) in [5, 5.41) is 0. The molecule has 0 spiro atoms. The molecular weight excluding hydrogens is 331 g/mol. The molecule has 4 fully saturated rings. The van der Waals surface area contributed by atoms with Crippen LogP contribution in [0, 0.1) is 5.41 Å². The van der Waals surface area contributed by atoms with E-state index in [0.717, 1.165) is 12.8 Å². The number of fused-ring (bicyclic) bond motifs is 2. The van der Waals surface area contributed by atoms with Crippen LogP contribution in [0.3, 0.4) is 0 Å². The fraction of sp³-hybridized carbons (Fsp3) is 0.889. The molecular formula is C9H10IO4S-. The number of esters is 1. The molecule has 0 aromatic carbocycles. The van der Waals surface area contributed by atoms with Gasteiger partial charge in [-0.3, -0.25) is 0 Å². The third kappa shape index (κ3) is 0.792. The van der Waals surface area contributed by atoms with Gasteiger partial charge in [-0.25, -0.2) is 0 Å². The second-order valence-corrected chi connectivity index (χ2v) is 11.6. The number of halogens is 1. The summed E-state index contributed by atoms with van der Waals surface area (Å²) in [5.41, 5.74) is -0.189. The van der Waals surface area contributed by atoms with Crippen molar-refractivity contribution in [2.24, 2.45) is 5.41 Å². The summed E-state index contributed by atoms with van der Waals surface area (Å²) in [7, 11) is -0.752. The number of cyclic esters (lactones) is 1. The third-order valence-corrected chi connectivity index (χ3v) is 12.0. The first-order valence-corrected chi connectivity index (χ1v) is 10.0. The zero-order valence-corrected chi connectivity index (χ0v) is 10.9. The molecule has 0 radical (unpaired) electrons. The Kier molecular flexibility index (Phi) is 1.61. The van der Waals surface area contributed by atoms with Gasteiger partial charge in [0.05, 0.1) is 0 Å². The Labute approximate surface area is 98.2 Å². The predicted octanol–water partition coefficient (Wildman–Crippen LogP) is -3.40. The van der Waals surface area contributed by atoms with E-state index in [9.17, 15) is 9.00 Å². The predicted molar refractivity (Wildman–Crippen MR) is 47.0 cm³/mol. The number of carbonyl (C=O) groups excluding carboxylic acids is 1. The molecule has 84 valence electrons. The molecule has 5 atom stereocenters. The van der Waals surface area contributed by atoms with E-state index in [1.165, 1.54) is 0 Å². The molecule has 4 rings (SSSR count). The van der Waals surface area contributed by atoms with Crippen LogP contribution in [0.25, 0.3) is 0 Å². The van der Waals surface area contributed by atoms with Crippen LogP contribution in [-0.2, 0) is 22.2 Å². The molecule has 4 heterocycles. The van der Waals surface area contributed by atoms with Gasteiger partial charge in [0.2, 0.25) is 0 Å². The Bertz CT molecular complexity index is 400. The van der Waals surface area contributed by atoms with Crippen LogP contribution in [0.15, 0.2) is 0 Å². The molecule has 4 aliphatic rings. The van der Waals surface area contributed by atoms with Crippen LogP contribution in [0.2, 0.25) is 0 Å². The second-order valence-electron chi connectivity index (χ2n) is 4.65. The molecule has 2 bridgehead atoms. The van der Waals surface area contributed by atoms with Crippen LogP contribution in [-0.4, -0.2) is 38.2 Å². The second kappa shape index (κ2) is 2.59. The van der Waals surface area contributed by atoms with Crippen molar-refractivity contribution in [1.29, 1.82) is 0 Å². The van der Waals surface area contributed by atoms with E-state index >= 15 is 0 Å². The molecule has 0 amide bonds. The first-order valence-electron chi connectivity index (χ1n) is 5.07.